The Labute approximate surface area is 155 Å². The summed E-state index contributed by atoms with van der Waals surface area (Å²) in [5.41, 5.74) is 1.90. The third-order valence-corrected chi connectivity index (χ3v) is 4.84. The maximum absolute atomic E-state index is 13.1. The van der Waals surface area contributed by atoms with E-state index < -0.39 is 0 Å². The fourth-order valence-corrected chi connectivity index (χ4v) is 3.35. The first-order valence-electron chi connectivity index (χ1n) is 8.80. The average Bonchev–Trinajstić information content (AvgIpc) is 3.23. The van der Waals surface area contributed by atoms with Crippen LogP contribution in [0.2, 0.25) is 0 Å². The normalized spacial score (nSPS) is 14.3. The van der Waals surface area contributed by atoms with Crippen LogP contribution in [0.25, 0.3) is 0 Å². The first-order chi connectivity index (χ1) is 12.9. The van der Waals surface area contributed by atoms with E-state index in [2.05, 4.69) is 15.4 Å². The molecule has 10 nitrogen and oxygen atoms in total. The second-order valence-corrected chi connectivity index (χ2v) is 6.80. The molecule has 1 amide bonds. The van der Waals surface area contributed by atoms with Crippen molar-refractivity contribution in [3.63, 3.8) is 0 Å². The number of carbonyl (C=O) groups is 1. The van der Waals surface area contributed by atoms with Gasteiger partial charge in [0.15, 0.2) is 5.69 Å². The number of rotatable bonds is 3. The molecule has 27 heavy (non-hydrogen) atoms. The predicted octanol–water partition coefficient (Wildman–Crippen LogP) is 0.130. The lowest BCUT2D eigenvalue weighted by molar-refractivity contribution is 0.0747. The number of hydrogen-bond donors (Lipinski definition) is 0. The minimum Gasteiger partial charge on any atom is -0.361 e. The Morgan fingerprint density at radius 1 is 1.26 bits per heavy atom. The van der Waals surface area contributed by atoms with Crippen molar-refractivity contribution in [3.8, 4) is 0 Å². The van der Waals surface area contributed by atoms with Crippen LogP contribution in [0.4, 0.5) is 0 Å². The molecular formula is C17H21N7O3. The molecule has 1 aliphatic heterocycles. The molecular weight excluding hydrogens is 350 g/mol. The smallest absolute Gasteiger partial charge is 0.345 e. The third kappa shape index (κ3) is 3.07. The van der Waals surface area contributed by atoms with Gasteiger partial charge in [-0.25, -0.2) is 9.48 Å². The molecule has 4 rings (SSSR count). The number of aromatic nitrogens is 6. The van der Waals surface area contributed by atoms with E-state index in [1.165, 1.54) is 4.68 Å². The lowest BCUT2D eigenvalue weighted by atomic mass is 10.1. The van der Waals surface area contributed by atoms with Gasteiger partial charge in [0.25, 0.3) is 5.91 Å². The van der Waals surface area contributed by atoms with Gasteiger partial charge in [0.1, 0.15) is 11.6 Å². The summed E-state index contributed by atoms with van der Waals surface area (Å²) in [5, 5.41) is 12.5. The number of carbonyl (C=O) groups excluding carboxylic acids is 1. The Hall–Kier alpha value is -3.17. The van der Waals surface area contributed by atoms with E-state index in [4.69, 9.17) is 4.52 Å². The molecule has 1 aliphatic rings. The molecule has 0 N–H and O–H groups in total. The van der Waals surface area contributed by atoms with E-state index in [1.807, 2.05) is 13.1 Å². The van der Waals surface area contributed by atoms with Gasteiger partial charge in [-0.15, -0.1) is 0 Å². The molecule has 10 heteroatoms. The molecule has 0 aromatic carbocycles. The summed E-state index contributed by atoms with van der Waals surface area (Å²) in [6, 6.07) is 0. The standard InChI is InChI=1S/C17H21N7O3/c1-11-8-18-23(9-11)10-13-12(2)27-20-15(13)16(25)22-5-4-14-19-21(3)17(26)24(14)7-6-22/h8-9H,4-7,10H2,1-3H3. The molecule has 3 aromatic heterocycles. The highest BCUT2D eigenvalue weighted by Gasteiger charge is 2.27. The van der Waals surface area contributed by atoms with Crippen molar-refractivity contribution >= 4 is 5.91 Å². The lowest BCUT2D eigenvalue weighted by Gasteiger charge is -2.19. The Morgan fingerprint density at radius 2 is 2.07 bits per heavy atom. The molecule has 0 fully saturated rings. The number of nitrogens with zero attached hydrogens (tertiary/aromatic N) is 7. The van der Waals surface area contributed by atoms with Crippen molar-refractivity contribution in [3.05, 3.63) is 51.3 Å². The van der Waals surface area contributed by atoms with E-state index in [-0.39, 0.29) is 11.6 Å². The Bertz CT molecular complexity index is 1060. The van der Waals surface area contributed by atoms with Crippen LogP contribution in [0.5, 0.6) is 0 Å². The molecule has 0 unspecified atom stereocenters. The van der Waals surface area contributed by atoms with Crippen LogP contribution in [0, 0.1) is 13.8 Å². The zero-order chi connectivity index (χ0) is 19.1. The summed E-state index contributed by atoms with van der Waals surface area (Å²) >= 11 is 0. The maximum atomic E-state index is 13.1. The Morgan fingerprint density at radius 3 is 2.81 bits per heavy atom. The van der Waals surface area contributed by atoms with E-state index in [0.717, 1.165) is 11.1 Å². The topological polar surface area (TPSA) is 104 Å². The summed E-state index contributed by atoms with van der Waals surface area (Å²) < 4.78 is 10.00. The van der Waals surface area contributed by atoms with Crippen molar-refractivity contribution < 1.29 is 9.32 Å². The van der Waals surface area contributed by atoms with Crippen LogP contribution in [-0.4, -0.2) is 53.2 Å². The summed E-state index contributed by atoms with van der Waals surface area (Å²) in [5.74, 6) is 1.10. The highest BCUT2D eigenvalue weighted by molar-refractivity contribution is 5.93. The van der Waals surface area contributed by atoms with E-state index in [9.17, 15) is 9.59 Å². The highest BCUT2D eigenvalue weighted by atomic mass is 16.5. The monoisotopic (exact) mass is 371 g/mol. The molecule has 0 bridgehead atoms. The summed E-state index contributed by atoms with van der Waals surface area (Å²) in [6.45, 7) is 5.47. The van der Waals surface area contributed by atoms with Crippen molar-refractivity contribution in [1.29, 1.82) is 0 Å². The first-order valence-corrected chi connectivity index (χ1v) is 8.80. The summed E-state index contributed by atoms with van der Waals surface area (Å²) in [6.07, 6.45) is 4.19. The van der Waals surface area contributed by atoms with Gasteiger partial charge < -0.3 is 9.42 Å². The van der Waals surface area contributed by atoms with Crippen molar-refractivity contribution in [2.45, 2.75) is 33.4 Å². The van der Waals surface area contributed by atoms with Crippen molar-refractivity contribution in [2.24, 2.45) is 7.05 Å². The Balaban J connectivity index is 1.56. The quantitative estimate of drug-likeness (QED) is 0.648. The number of aryl methyl sites for hydroxylation is 3. The zero-order valence-electron chi connectivity index (χ0n) is 15.5. The third-order valence-electron chi connectivity index (χ3n) is 4.84. The molecule has 0 saturated carbocycles. The predicted molar refractivity (Wildman–Crippen MR) is 94.4 cm³/mol. The molecule has 0 spiro atoms. The van der Waals surface area contributed by atoms with Gasteiger partial charge in [-0.05, 0) is 19.4 Å². The van der Waals surface area contributed by atoms with Gasteiger partial charge in [-0.2, -0.15) is 10.2 Å². The summed E-state index contributed by atoms with van der Waals surface area (Å²) in [7, 11) is 1.63. The highest BCUT2D eigenvalue weighted by Crippen LogP contribution is 2.18. The van der Waals surface area contributed by atoms with Crippen LogP contribution in [0.1, 0.15) is 33.2 Å². The molecule has 0 radical (unpaired) electrons. The van der Waals surface area contributed by atoms with Crippen LogP contribution in [-0.2, 0) is 26.6 Å². The fraction of sp³-hybridized carbons (Fsp3) is 0.471. The van der Waals surface area contributed by atoms with Crippen LogP contribution < -0.4 is 5.69 Å². The fourth-order valence-electron chi connectivity index (χ4n) is 3.35. The van der Waals surface area contributed by atoms with Crippen LogP contribution in [0.3, 0.4) is 0 Å². The molecule has 142 valence electrons. The molecule has 0 aliphatic carbocycles. The maximum Gasteiger partial charge on any atom is 0.345 e. The number of hydrogen-bond acceptors (Lipinski definition) is 6. The molecule has 3 aromatic rings. The SMILES string of the molecule is Cc1cnn(Cc2c(C(=O)N3CCc4nn(C)c(=O)n4CC3)noc2C)c1. The molecule has 0 atom stereocenters. The average molecular weight is 371 g/mol. The largest absolute Gasteiger partial charge is 0.361 e. The number of fused-ring (bicyclic) bond motifs is 1. The molecule has 4 heterocycles. The van der Waals surface area contributed by atoms with Gasteiger partial charge in [0.05, 0.1) is 12.7 Å². The molecule has 0 saturated heterocycles. The van der Waals surface area contributed by atoms with Crippen LogP contribution >= 0.6 is 0 Å². The lowest BCUT2D eigenvalue weighted by Crippen LogP contribution is -2.35. The number of amides is 1. The van der Waals surface area contributed by atoms with Crippen molar-refractivity contribution in [1.82, 2.24) is 34.2 Å². The van der Waals surface area contributed by atoms with Gasteiger partial charge >= 0.3 is 5.69 Å². The van der Waals surface area contributed by atoms with Gasteiger partial charge in [0.2, 0.25) is 0 Å². The van der Waals surface area contributed by atoms with E-state index >= 15 is 0 Å². The van der Waals surface area contributed by atoms with Crippen LogP contribution in [0.15, 0.2) is 21.7 Å². The summed E-state index contributed by atoms with van der Waals surface area (Å²) in [4.78, 5) is 26.9. The van der Waals surface area contributed by atoms with E-state index in [1.54, 1.807) is 34.3 Å². The minimum atomic E-state index is -0.201. The second kappa shape index (κ2) is 6.53. The van der Waals surface area contributed by atoms with Gasteiger partial charge in [-0.3, -0.25) is 14.0 Å². The minimum absolute atomic E-state index is 0.161. The van der Waals surface area contributed by atoms with Gasteiger partial charge in [0, 0.05) is 44.9 Å². The zero-order valence-corrected chi connectivity index (χ0v) is 15.5. The first kappa shape index (κ1) is 17.3. The Kier molecular flexibility index (Phi) is 4.17. The second-order valence-electron chi connectivity index (χ2n) is 6.80. The van der Waals surface area contributed by atoms with E-state index in [0.29, 0.717) is 49.9 Å². The van der Waals surface area contributed by atoms with Crippen molar-refractivity contribution in [2.75, 3.05) is 13.1 Å². The van der Waals surface area contributed by atoms with Gasteiger partial charge in [-0.1, -0.05) is 5.16 Å².